The van der Waals surface area contributed by atoms with Crippen molar-refractivity contribution in [3.8, 4) is 0 Å². The molecule has 3 N–H and O–H groups in total. The lowest BCUT2D eigenvalue weighted by Crippen LogP contribution is -2.37. The van der Waals surface area contributed by atoms with Crippen LogP contribution in [0, 0.1) is 0 Å². The molecule has 9 heteroatoms. The Balaban J connectivity index is 0.00000225. The lowest BCUT2D eigenvalue weighted by molar-refractivity contribution is 0.563. The van der Waals surface area contributed by atoms with Crippen LogP contribution in [0.25, 0.3) is 0 Å². The standard InChI is InChI=1S/C7H10Cl2N2O2S2.ClH/c1-4(3-10)11-15(12,13)5-2-6(8)14-7(5)9;/h2,4,11H,3,10H2,1H3;1H/t4-;/m1./s1. The molecule has 94 valence electrons. The predicted octanol–water partition coefficient (Wildman–Crippen LogP) is 2.10. The first-order valence-electron chi connectivity index (χ1n) is 4.04. The first kappa shape index (κ1) is 16.4. The van der Waals surface area contributed by atoms with Crippen LogP contribution >= 0.6 is 46.9 Å². The van der Waals surface area contributed by atoms with E-state index in [1.165, 1.54) is 6.07 Å². The van der Waals surface area contributed by atoms with E-state index in [0.717, 1.165) is 11.3 Å². The van der Waals surface area contributed by atoms with Crippen molar-refractivity contribution in [3.63, 3.8) is 0 Å². The van der Waals surface area contributed by atoms with Gasteiger partial charge in [-0.1, -0.05) is 23.2 Å². The number of sulfonamides is 1. The summed E-state index contributed by atoms with van der Waals surface area (Å²) in [7, 11) is -3.62. The van der Waals surface area contributed by atoms with Gasteiger partial charge in [0.05, 0.1) is 4.34 Å². The molecule has 0 amide bonds. The lowest BCUT2D eigenvalue weighted by atomic mass is 10.4. The Kier molecular flexibility index (Phi) is 6.57. The van der Waals surface area contributed by atoms with Crippen LogP contribution in [0.15, 0.2) is 11.0 Å². The van der Waals surface area contributed by atoms with Gasteiger partial charge in [0.2, 0.25) is 10.0 Å². The van der Waals surface area contributed by atoms with E-state index in [9.17, 15) is 8.42 Å². The molecule has 0 saturated carbocycles. The Labute approximate surface area is 115 Å². The van der Waals surface area contributed by atoms with Gasteiger partial charge in [-0.2, -0.15) is 0 Å². The monoisotopic (exact) mass is 324 g/mol. The van der Waals surface area contributed by atoms with Gasteiger partial charge < -0.3 is 5.73 Å². The molecule has 0 aromatic carbocycles. The SMILES string of the molecule is C[C@H](CN)NS(=O)(=O)c1cc(Cl)sc1Cl.Cl. The number of nitrogens with two attached hydrogens (primary N) is 1. The summed E-state index contributed by atoms with van der Waals surface area (Å²) in [5.74, 6) is 0. The molecule has 0 aliphatic carbocycles. The van der Waals surface area contributed by atoms with Crippen LogP contribution in [0.2, 0.25) is 8.67 Å². The van der Waals surface area contributed by atoms with Crippen LogP contribution in [0.1, 0.15) is 6.92 Å². The Bertz CT molecular complexity index is 446. The summed E-state index contributed by atoms with van der Waals surface area (Å²) in [6.45, 7) is 1.88. The molecule has 0 aliphatic heterocycles. The molecular formula is C7H11Cl3N2O2S2. The van der Waals surface area contributed by atoms with Gasteiger partial charge in [0.1, 0.15) is 9.23 Å². The second-order valence-corrected chi connectivity index (χ2v) is 6.91. The molecule has 0 bridgehead atoms. The third-order valence-corrected chi connectivity index (χ3v) is 4.97. The molecule has 1 heterocycles. The molecule has 0 unspecified atom stereocenters. The van der Waals surface area contributed by atoms with E-state index in [1.54, 1.807) is 6.92 Å². The maximum Gasteiger partial charge on any atom is 0.243 e. The second-order valence-electron chi connectivity index (χ2n) is 2.95. The molecule has 1 atom stereocenters. The summed E-state index contributed by atoms with van der Waals surface area (Å²) in [5.41, 5.74) is 5.32. The first-order chi connectivity index (χ1) is 6.86. The van der Waals surface area contributed by atoms with E-state index in [0.29, 0.717) is 4.34 Å². The van der Waals surface area contributed by atoms with Gasteiger partial charge >= 0.3 is 0 Å². The van der Waals surface area contributed by atoms with E-state index in [-0.39, 0.29) is 34.2 Å². The zero-order valence-corrected chi connectivity index (χ0v) is 12.2. The Morgan fingerprint density at radius 3 is 2.50 bits per heavy atom. The molecule has 1 aromatic rings. The van der Waals surface area contributed by atoms with Crippen LogP contribution in [-0.4, -0.2) is 21.0 Å². The zero-order valence-electron chi connectivity index (χ0n) is 8.24. The van der Waals surface area contributed by atoms with Gasteiger partial charge in [0, 0.05) is 12.6 Å². The van der Waals surface area contributed by atoms with Crippen molar-refractivity contribution in [1.82, 2.24) is 4.72 Å². The summed E-state index contributed by atoms with van der Waals surface area (Å²) < 4.78 is 26.3. The van der Waals surface area contributed by atoms with Crippen molar-refractivity contribution in [2.75, 3.05) is 6.54 Å². The van der Waals surface area contributed by atoms with Gasteiger partial charge in [-0.05, 0) is 13.0 Å². The highest BCUT2D eigenvalue weighted by molar-refractivity contribution is 7.89. The first-order valence-corrected chi connectivity index (χ1v) is 7.09. The minimum absolute atomic E-state index is 0. The van der Waals surface area contributed by atoms with Gasteiger partial charge in [-0.15, -0.1) is 23.7 Å². The molecular weight excluding hydrogens is 315 g/mol. The number of nitrogens with one attached hydrogen (secondary N) is 1. The van der Waals surface area contributed by atoms with Gasteiger partial charge in [-0.25, -0.2) is 13.1 Å². The normalized spacial score (nSPS) is 13.2. The summed E-state index contributed by atoms with van der Waals surface area (Å²) in [6, 6.07) is 0.977. The van der Waals surface area contributed by atoms with Gasteiger partial charge in [0.25, 0.3) is 0 Å². The van der Waals surface area contributed by atoms with E-state index < -0.39 is 10.0 Å². The van der Waals surface area contributed by atoms with E-state index in [1.807, 2.05) is 0 Å². The number of rotatable bonds is 4. The molecule has 1 rings (SSSR count). The fourth-order valence-corrected chi connectivity index (χ4v) is 4.29. The van der Waals surface area contributed by atoms with Crippen molar-refractivity contribution in [3.05, 3.63) is 14.7 Å². The predicted molar refractivity (Wildman–Crippen MR) is 70.4 cm³/mol. The molecule has 0 fully saturated rings. The summed E-state index contributed by atoms with van der Waals surface area (Å²) >= 11 is 12.4. The average Bonchev–Trinajstić information content (AvgIpc) is 2.45. The number of hydrogen-bond donors (Lipinski definition) is 2. The second kappa shape index (κ2) is 6.39. The van der Waals surface area contributed by atoms with Crippen molar-refractivity contribution in [2.45, 2.75) is 17.9 Å². The maximum atomic E-state index is 11.7. The van der Waals surface area contributed by atoms with Crippen LogP contribution in [0.5, 0.6) is 0 Å². The van der Waals surface area contributed by atoms with E-state index in [2.05, 4.69) is 4.72 Å². The molecule has 1 aromatic heterocycles. The molecule has 4 nitrogen and oxygen atoms in total. The van der Waals surface area contributed by atoms with Crippen molar-refractivity contribution in [1.29, 1.82) is 0 Å². The Hall–Kier alpha value is 0.440. The highest BCUT2D eigenvalue weighted by Gasteiger charge is 2.22. The number of hydrogen-bond acceptors (Lipinski definition) is 4. The summed E-state index contributed by atoms with van der Waals surface area (Å²) in [5, 5.41) is 0. The topological polar surface area (TPSA) is 72.2 Å². The third-order valence-electron chi connectivity index (χ3n) is 1.62. The summed E-state index contributed by atoms with van der Waals surface area (Å²) in [4.78, 5) is -0.000494. The van der Waals surface area contributed by atoms with Crippen LogP contribution < -0.4 is 10.5 Å². The molecule has 0 aliphatic rings. The van der Waals surface area contributed by atoms with Crippen molar-refractivity contribution in [2.24, 2.45) is 5.73 Å². The minimum Gasteiger partial charge on any atom is -0.329 e. The van der Waals surface area contributed by atoms with Crippen LogP contribution in [-0.2, 0) is 10.0 Å². The zero-order chi connectivity index (χ0) is 11.6. The maximum absolute atomic E-state index is 11.7. The van der Waals surface area contributed by atoms with Crippen molar-refractivity contribution >= 4 is 57.0 Å². The smallest absolute Gasteiger partial charge is 0.243 e. The van der Waals surface area contributed by atoms with E-state index >= 15 is 0 Å². The molecule has 16 heavy (non-hydrogen) atoms. The average molecular weight is 326 g/mol. The number of thiophene rings is 1. The van der Waals surface area contributed by atoms with Gasteiger partial charge in [-0.3, -0.25) is 0 Å². The van der Waals surface area contributed by atoms with Crippen LogP contribution in [0.4, 0.5) is 0 Å². The molecule has 0 saturated heterocycles. The quantitative estimate of drug-likeness (QED) is 0.890. The summed E-state index contributed by atoms with van der Waals surface area (Å²) in [6.07, 6.45) is 0. The highest BCUT2D eigenvalue weighted by atomic mass is 35.5. The fraction of sp³-hybridized carbons (Fsp3) is 0.429. The third kappa shape index (κ3) is 4.03. The fourth-order valence-electron chi connectivity index (χ4n) is 0.885. The lowest BCUT2D eigenvalue weighted by Gasteiger charge is -2.10. The van der Waals surface area contributed by atoms with Gasteiger partial charge in [0.15, 0.2) is 0 Å². The Morgan fingerprint density at radius 1 is 1.56 bits per heavy atom. The largest absolute Gasteiger partial charge is 0.329 e. The highest BCUT2D eigenvalue weighted by Crippen LogP contribution is 2.34. The van der Waals surface area contributed by atoms with E-state index in [4.69, 9.17) is 28.9 Å². The number of halogens is 3. The minimum atomic E-state index is -3.62. The molecule has 0 radical (unpaired) electrons. The van der Waals surface area contributed by atoms with Crippen LogP contribution in [0.3, 0.4) is 0 Å². The van der Waals surface area contributed by atoms with Crippen molar-refractivity contribution < 1.29 is 8.42 Å². The molecule has 0 spiro atoms. The Morgan fingerprint density at radius 2 is 2.12 bits per heavy atom.